The van der Waals surface area contributed by atoms with Crippen LogP contribution in [0.15, 0.2) is 54.6 Å². The van der Waals surface area contributed by atoms with E-state index in [1.54, 1.807) is 7.11 Å². The molecule has 0 bridgehead atoms. The summed E-state index contributed by atoms with van der Waals surface area (Å²) in [4.78, 5) is 2.62. The maximum atomic E-state index is 5.76. The number of nitrogens with zero attached hydrogens (tertiary/aromatic N) is 1. The Kier molecular flexibility index (Phi) is 6.62. The summed E-state index contributed by atoms with van der Waals surface area (Å²) in [5.74, 6) is 0.638. The van der Waals surface area contributed by atoms with Crippen LogP contribution in [0.4, 0.5) is 0 Å². The molecule has 0 saturated carbocycles. The second-order valence-electron chi connectivity index (χ2n) is 7.00. The minimum absolute atomic E-state index is 0.474. The van der Waals surface area contributed by atoms with Crippen molar-refractivity contribution >= 4 is 0 Å². The van der Waals surface area contributed by atoms with Gasteiger partial charge >= 0.3 is 0 Å². The van der Waals surface area contributed by atoms with E-state index in [0.29, 0.717) is 18.6 Å². The van der Waals surface area contributed by atoms with E-state index in [1.165, 1.54) is 29.5 Å². The number of likely N-dealkylation sites (tertiary alicyclic amines) is 1. The minimum Gasteiger partial charge on any atom is -0.380 e. The maximum Gasteiger partial charge on any atom is 0.0713 e. The smallest absolute Gasteiger partial charge is 0.0713 e. The largest absolute Gasteiger partial charge is 0.380 e. The van der Waals surface area contributed by atoms with Crippen LogP contribution in [0.25, 0.3) is 0 Å². The van der Waals surface area contributed by atoms with Gasteiger partial charge < -0.3 is 10.5 Å². The summed E-state index contributed by atoms with van der Waals surface area (Å²) in [6, 6.07) is 20.4. The van der Waals surface area contributed by atoms with Gasteiger partial charge in [0.25, 0.3) is 0 Å². The first-order chi connectivity index (χ1) is 12.3. The van der Waals surface area contributed by atoms with Crippen molar-refractivity contribution in [2.75, 3.05) is 26.7 Å². The molecule has 1 aliphatic rings. The van der Waals surface area contributed by atoms with Crippen LogP contribution in [0.1, 0.15) is 47.9 Å². The monoisotopic (exact) mass is 338 g/mol. The van der Waals surface area contributed by atoms with Gasteiger partial charge in [-0.2, -0.15) is 0 Å². The predicted molar refractivity (Wildman–Crippen MR) is 104 cm³/mol. The molecule has 1 heterocycles. The number of piperidine rings is 1. The Balaban J connectivity index is 1.78. The average molecular weight is 338 g/mol. The number of benzene rings is 2. The van der Waals surface area contributed by atoms with Crippen molar-refractivity contribution in [3.8, 4) is 0 Å². The molecule has 1 saturated heterocycles. The van der Waals surface area contributed by atoms with Crippen LogP contribution in [0, 0.1) is 0 Å². The molecule has 3 nitrogen and oxygen atoms in total. The third-order valence-corrected chi connectivity index (χ3v) is 5.31. The SMILES string of the molecule is COCc1ccc(C2CC(c3ccccc3)CCN2CCCN)cc1. The molecule has 25 heavy (non-hydrogen) atoms. The predicted octanol–water partition coefficient (Wildman–Crippen LogP) is 4.10. The fraction of sp³-hybridized carbons (Fsp3) is 0.455. The average Bonchev–Trinajstić information content (AvgIpc) is 2.68. The highest BCUT2D eigenvalue weighted by atomic mass is 16.5. The van der Waals surface area contributed by atoms with Gasteiger partial charge in [-0.3, -0.25) is 4.90 Å². The molecule has 0 aromatic heterocycles. The van der Waals surface area contributed by atoms with E-state index in [2.05, 4.69) is 59.5 Å². The molecule has 2 aromatic carbocycles. The molecule has 3 rings (SSSR count). The maximum absolute atomic E-state index is 5.76. The number of methoxy groups -OCH3 is 1. The number of rotatable bonds is 7. The third kappa shape index (κ3) is 4.69. The molecule has 1 aliphatic heterocycles. The highest BCUT2D eigenvalue weighted by molar-refractivity contribution is 5.27. The van der Waals surface area contributed by atoms with Gasteiger partial charge in [0, 0.05) is 13.2 Å². The van der Waals surface area contributed by atoms with Crippen molar-refractivity contribution in [2.45, 2.75) is 37.8 Å². The van der Waals surface area contributed by atoms with Crippen LogP contribution in [0.3, 0.4) is 0 Å². The van der Waals surface area contributed by atoms with Crippen LogP contribution in [-0.4, -0.2) is 31.6 Å². The number of ether oxygens (including phenoxy) is 1. The van der Waals surface area contributed by atoms with E-state index in [-0.39, 0.29) is 0 Å². The summed E-state index contributed by atoms with van der Waals surface area (Å²) in [5.41, 5.74) is 9.88. The summed E-state index contributed by atoms with van der Waals surface area (Å²) in [5, 5.41) is 0. The number of hydrogen-bond acceptors (Lipinski definition) is 3. The number of nitrogens with two attached hydrogens (primary N) is 1. The molecule has 0 aliphatic carbocycles. The summed E-state index contributed by atoms with van der Waals surface area (Å²) >= 11 is 0. The van der Waals surface area contributed by atoms with Gasteiger partial charge in [-0.1, -0.05) is 54.6 Å². The van der Waals surface area contributed by atoms with E-state index in [4.69, 9.17) is 10.5 Å². The molecule has 134 valence electrons. The minimum atomic E-state index is 0.474. The van der Waals surface area contributed by atoms with Crippen LogP contribution in [-0.2, 0) is 11.3 Å². The van der Waals surface area contributed by atoms with Gasteiger partial charge in [0.2, 0.25) is 0 Å². The van der Waals surface area contributed by atoms with Gasteiger partial charge in [0.05, 0.1) is 6.61 Å². The Bertz CT molecular complexity index is 626. The Morgan fingerprint density at radius 3 is 2.48 bits per heavy atom. The van der Waals surface area contributed by atoms with E-state index >= 15 is 0 Å². The summed E-state index contributed by atoms with van der Waals surface area (Å²) in [7, 11) is 1.74. The molecule has 2 unspecified atom stereocenters. The lowest BCUT2D eigenvalue weighted by Crippen LogP contribution is -2.37. The molecule has 2 N–H and O–H groups in total. The van der Waals surface area contributed by atoms with Crippen molar-refractivity contribution in [2.24, 2.45) is 5.73 Å². The Labute approximate surface area is 151 Å². The highest BCUT2D eigenvalue weighted by Crippen LogP contribution is 2.39. The van der Waals surface area contributed by atoms with Crippen molar-refractivity contribution in [3.05, 3.63) is 71.3 Å². The van der Waals surface area contributed by atoms with Gasteiger partial charge in [-0.15, -0.1) is 0 Å². The molecule has 0 spiro atoms. The first-order valence-electron chi connectivity index (χ1n) is 9.38. The molecule has 2 atom stereocenters. The van der Waals surface area contributed by atoms with Crippen LogP contribution >= 0.6 is 0 Å². The zero-order valence-electron chi connectivity index (χ0n) is 15.2. The molecule has 1 fully saturated rings. The van der Waals surface area contributed by atoms with Crippen LogP contribution in [0.2, 0.25) is 0 Å². The first kappa shape index (κ1) is 18.1. The lowest BCUT2D eigenvalue weighted by atomic mass is 9.82. The van der Waals surface area contributed by atoms with Gasteiger partial charge in [0.15, 0.2) is 0 Å². The summed E-state index contributed by atoms with van der Waals surface area (Å²) in [6.07, 6.45) is 3.47. The van der Waals surface area contributed by atoms with E-state index < -0.39 is 0 Å². The second-order valence-corrected chi connectivity index (χ2v) is 7.00. The summed E-state index contributed by atoms with van der Waals surface area (Å²) in [6.45, 7) is 3.67. The molecule has 0 amide bonds. The summed E-state index contributed by atoms with van der Waals surface area (Å²) < 4.78 is 5.24. The Morgan fingerprint density at radius 2 is 1.80 bits per heavy atom. The van der Waals surface area contributed by atoms with Crippen LogP contribution < -0.4 is 5.73 Å². The molecule has 3 heteroatoms. The Hall–Kier alpha value is -1.68. The van der Waals surface area contributed by atoms with Gasteiger partial charge in [-0.25, -0.2) is 0 Å². The van der Waals surface area contributed by atoms with Crippen molar-refractivity contribution < 1.29 is 4.74 Å². The van der Waals surface area contributed by atoms with Gasteiger partial charge in [-0.05, 0) is 61.5 Å². The fourth-order valence-corrected chi connectivity index (χ4v) is 3.95. The first-order valence-corrected chi connectivity index (χ1v) is 9.38. The van der Waals surface area contributed by atoms with Crippen molar-refractivity contribution in [3.63, 3.8) is 0 Å². The number of hydrogen-bond donors (Lipinski definition) is 1. The Morgan fingerprint density at radius 1 is 1.04 bits per heavy atom. The van der Waals surface area contributed by atoms with Crippen molar-refractivity contribution in [1.82, 2.24) is 4.90 Å². The van der Waals surface area contributed by atoms with E-state index in [1.807, 2.05) is 0 Å². The standard InChI is InChI=1S/C22H30N2O/c1-25-17-18-8-10-20(11-9-18)22-16-21(19-6-3-2-4-7-19)12-15-24(22)14-5-13-23/h2-4,6-11,21-22H,5,12-17,23H2,1H3. The molecular weight excluding hydrogens is 308 g/mol. The topological polar surface area (TPSA) is 38.5 Å². The molecular formula is C22H30N2O. The third-order valence-electron chi connectivity index (χ3n) is 5.31. The quantitative estimate of drug-likeness (QED) is 0.826. The van der Waals surface area contributed by atoms with E-state index in [0.717, 1.165) is 26.1 Å². The lowest BCUT2D eigenvalue weighted by Gasteiger charge is -2.40. The second kappa shape index (κ2) is 9.14. The van der Waals surface area contributed by atoms with Gasteiger partial charge in [0.1, 0.15) is 0 Å². The molecule has 2 aromatic rings. The van der Waals surface area contributed by atoms with Crippen LogP contribution in [0.5, 0.6) is 0 Å². The highest BCUT2D eigenvalue weighted by Gasteiger charge is 2.29. The zero-order chi connectivity index (χ0) is 17.5. The van der Waals surface area contributed by atoms with E-state index in [9.17, 15) is 0 Å². The fourth-order valence-electron chi connectivity index (χ4n) is 3.95. The lowest BCUT2D eigenvalue weighted by molar-refractivity contribution is 0.134. The normalized spacial score (nSPS) is 21.4. The molecule has 0 radical (unpaired) electrons. The van der Waals surface area contributed by atoms with Crippen molar-refractivity contribution in [1.29, 1.82) is 0 Å². The zero-order valence-corrected chi connectivity index (χ0v) is 15.2.